The van der Waals surface area contributed by atoms with E-state index in [0.717, 1.165) is 49.7 Å². The van der Waals surface area contributed by atoms with Gasteiger partial charge in [-0.05, 0) is 24.0 Å². The molecule has 0 fully saturated rings. The minimum absolute atomic E-state index is 0.474. The Morgan fingerprint density at radius 3 is 1.38 bits per heavy atom. The maximum Gasteiger partial charge on any atom is 0.406 e. The molecule has 2 N–H and O–H groups in total. The van der Waals surface area contributed by atoms with E-state index in [1.807, 2.05) is 60.7 Å². The molecule has 0 saturated carbocycles. The van der Waals surface area contributed by atoms with Crippen LogP contribution in [0.2, 0.25) is 0 Å². The average Bonchev–Trinajstić information content (AvgIpc) is 2.78. The lowest BCUT2D eigenvalue weighted by Gasteiger charge is -2.38. The zero-order chi connectivity index (χ0) is 21.0. The van der Waals surface area contributed by atoms with Crippen LogP contribution in [-0.4, -0.2) is 32.0 Å². The fourth-order valence-electron chi connectivity index (χ4n) is 3.41. The van der Waals surface area contributed by atoms with Gasteiger partial charge in [-0.1, -0.05) is 100 Å². The van der Waals surface area contributed by atoms with Gasteiger partial charge in [-0.25, -0.2) is 0 Å². The Hall–Kier alpha value is -1.50. The molecule has 0 amide bonds. The van der Waals surface area contributed by atoms with E-state index >= 15 is 0 Å². The largest absolute Gasteiger partial charge is 0.406 e. The van der Waals surface area contributed by atoms with E-state index in [1.165, 1.54) is 0 Å². The molecule has 160 valence electrons. The predicted octanol–water partition coefficient (Wildman–Crippen LogP) is 5.39. The number of rotatable bonds is 14. The molecule has 0 radical (unpaired) electrons. The fourth-order valence-corrected chi connectivity index (χ4v) is 6.66. The van der Waals surface area contributed by atoms with Crippen LogP contribution in [0.25, 0.3) is 0 Å². The van der Waals surface area contributed by atoms with Gasteiger partial charge in [0.1, 0.15) is 11.5 Å². The average molecular weight is 417 g/mol. The van der Waals surface area contributed by atoms with Gasteiger partial charge in [-0.15, -0.1) is 0 Å². The zero-order valence-electron chi connectivity index (χ0n) is 17.8. The zero-order valence-corrected chi connectivity index (χ0v) is 18.8. The van der Waals surface area contributed by atoms with E-state index in [4.69, 9.17) is 8.85 Å². The maximum atomic E-state index is 11.4. The van der Waals surface area contributed by atoms with Gasteiger partial charge in [0.05, 0.1) is 0 Å². The highest BCUT2D eigenvalue weighted by Gasteiger charge is 2.54. The van der Waals surface area contributed by atoms with E-state index in [2.05, 4.69) is 13.8 Å². The highest BCUT2D eigenvalue weighted by molar-refractivity contribution is 6.69. The highest BCUT2D eigenvalue weighted by atomic mass is 28.4. The number of hydrogen-bond acceptors (Lipinski definition) is 4. The first-order valence-corrected chi connectivity index (χ1v) is 12.9. The molecule has 5 heteroatoms. The summed E-state index contributed by atoms with van der Waals surface area (Å²) in [4.78, 5) is 0. The summed E-state index contributed by atoms with van der Waals surface area (Å²) < 4.78 is 12.7. The Labute approximate surface area is 176 Å². The van der Waals surface area contributed by atoms with Crippen LogP contribution in [0, 0.1) is 0 Å². The minimum Gasteiger partial charge on any atom is -0.391 e. The van der Waals surface area contributed by atoms with Crippen molar-refractivity contribution in [3.63, 3.8) is 0 Å². The second-order valence-corrected chi connectivity index (χ2v) is 10.6. The van der Waals surface area contributed by atoms with Crippen LogP contribution < -0.4 is 0 Å². The molecular formula is C24H36O4Si. The highest BCUT2D eigenvalue weighted by Crippen LogP contribution is 2.37. The van der Waals surface area contributed by atoms with Crippen molar-refractivity contribution < 1.29 is 19.1 Å². The van der Waals surface area contributed by atoms with Crippen LogP contribution in [0.15, 0.2) is 60.7 Å². The number of unbranched alkanes of at least 4 members (excludes halogenated alkanes) is 4. The van der Waals surface area contributed by atoms with Crippen molar-refractivity contribution in [2.45, 2.75) is 63.8 Å². The molecule has 2 unspecified atom stereocenters. The molecule has 4 nitrogen and oxygen atoms in total. The van der Waals surface area contributed by atoms with E-state index in [0.29, 0.717) is 13.2 Å². The molecule has 2 atom stereocenters. The minimum atomic E-state index is -3.47. The van der Waals surface area contributed by atoms with Gasteiger partial charge in [0.15, 0.2) is 0 Å². The van der Waals surface area contributed by atoms with Crippen LogP contribution in [-0.2, 0) is 8.85 Å². The van der Waals surface area contributed by atoms with Gasteiger partial charge >= 0.3 is 8.56 Å². The Morgan fingerprint density at radius 1 is 0.655 bits per heavy atom. The lowest BCUT2D eigenvalue weighted by atomic mass is 10.2. The Morgan fingerprint density at radius 2 is 1.03 bits per heavy atom. The lowest BCUT2D eigenvalue weighted by Crippen LogP contribution is -2.55. The first-order chi connectivity index (χ1) is 14.2. The summed E-state index contributed by atoms with van der Waals surface area (Å²) in [6, 6.07) is 18.9. The molecule has 29 heavy (non-hydrogen) atoms. The van der Waals surface area contributed by atoms with Crippen molar-refractivity contribution in [1.29, 1.82) is 0 Å². The third kappa shape index (κ3) is 6.76. The lowest BCUT2D eigenvalue weighted by molar-refractivity contribution is 0.0536. The molecule has 0 heterocycles. The molecular weight excluding hydrogens is 380 g/mol. The molecule has 0 saturated heterocycles. The molecule has 0 aliphatic heterocycles. The molecule has 0 aromatic heterocycles. The molecule has 0 aliphatic rings. The summed E-state index contributed by atoms with van der Waals surface area (Å²) in [6.45, 7) is 5.23. The summed E-state index contributed by atoms with van der Waals surface area (Å²) in [6.07, 6.45) is 6.01. The quantitative estimate of drug-likeness (QED) is 0.320. The van der Waals surface area contributed by atoms with Crippen LogP contribution >= 0.6 is 0 Å². The Bertz CT molecular complexity index is 606. The third-order valence-corrected chi connectivity index (χ3v) is 8.65. The Balaban J connectivity index is 2.38. The number of aliphatic hydroxyl groups is 2. The molecule has 2 rings (SSSR count). The second kappa shape index (κ2) is 12.9. The molecule has 2 aromatic rings. The number of hydrogen-bond donors (Lipinski definition) is 2. The molecule has 0 aliphatic carbocycles. The van der Waals surface area contributed by atoms with Crippen molar-refractivity contribution in [2.24, 2.45) is 0 Å². The SMILES string of the molecule is CCCCCO[Si](OCCCCC)(C(O)c1ccccc1)C(O)c1ccccc1. The topological polar surface area (TPSA) is 58.9 Å². The molecule has 0 bridgehead atoms. The molecule has 2 aromatic carbocycles. The number of aliphatic hydroxyl groups excluding tert-OH is 2. The number of benzene rings is 2. The standard InChI is InChI=1S/C24H36O4Si/c1-3-5-13-19-27-29(28-20-14-6-4-2,23(25)21-15-9-7-10-16-21)24(26)22-17-11-8-12-18-22/h7-12,15-18,23-26H,3-6,13-14,19-20H2,1-2H3. The van der Waals surface area contributed by atoms with Crippen molar-refractivity contribution in [3.05, 3.63) is 71.8 Å². The predicted molar refractivity (Wildman–Crippen MR) is 120 cm³/mol. The van der Waals surface area contributed by atoms with Crippen LogP contribution in [0.1, 0.15) is 75.0 Å². The second-order valence-electron chi connectivity index (χ2n) is 7.46. The van der Waals surface area contributed by atoms with Gasteiger partial charge in [0, 0.05) is 13.2 Å². The summed E-state index contributed by atoms with van der Waals surface area (Å²) >= 11 is 0. The monoisotopic (exact) mass is 416 g/mol. The van der Waals surface area contributed by atoms with Crippen LogP contribution in [0.5, 0.6) is 0 Å². The Kier molecular flexibility index (Phi) is 10.6. The normalized spacial score (nSPS) is 13.9. The summed E-state index contributed by atoms with van der Waals surface area (Å²) in [5, 5.41) is 22.9. The first-order valence-electron chi connectivity index (χ1n) is 10.9. The fraction of sp³-hybridized carbons (Fsp3) is 0.500. The summed E-state index contributed by atoms with van der Waals surface area (Å²) in [7, 11) is -3.47. The van der Waals surface area contributed by atoms with Crippen LogP contribution in [0.4, 0.5) is 0 Å². The van der Waals surface area contributed by atoms with Gasteiger partial charge in [0.25, 0.3) is 0 Å². The van der Waals surface area contributed by atoms with Gasteiger partial charge < -0.3 is 19.1 Å². The maximum absolute atomic E-state index is 11.4. The summed E-state index contributed by atoms with van der Waals surface area (Å²) in [5.41, 5.74) is -0.524. The van der Waals surface area contributed by atoms with E-state index < -0.39 is 20.0 Å². The smallest absolute Gasteiger partial charge is 0.391 e. The van der Waals surface area contributed by atoms with E-state index in [1.54, 1.807) is 0 Å². The van der Waals surface area contributed by atoms with Crippen molar-refractivity contribution in [2.75, 3.05) is 13.2 Å². The van der Waals surface area contributed by atoms with Crippen molar-refractivity contribution in [3.8, 4) is 0 Å². The third-order valence-electron chi connectivity index (χ3n) is 5.14. The van der Waals surface area contributed by atoms with E-state index in [9.17, 15) is 10.2 Å². The first kappa shape index (κ1) is 23.8. The van der Waals surface area contributed by atoms with Gasteiger partial charge in [-0.3, -0.25) is 0 Å². The van der Waals surface area contributed by atoms with Gasteiger partial charge in [0.2, 0.25) is 0 Å². The van der Waals surface area contributed by atoms with Gasteiger partial charge in [-0.2, -0.15) is 0 Å². The summed E-state index contributed by atoms with van der Waals surface area (Å²) in [5.74, 6) is 0. The van der Waals surface area contributed by atoms with E-state index in [-0.39, 0.29) is 0 Å². The van der Waals surface area contributed by atoms with Crippen LogP contribution in [0.3, 0.4) is 0 Å². The van der Waals surface area contributed by atoms with Crippen molar-refractivity contribution >= 4 is 8.56 Å². The molecule has 0 spiro atoms. The van der Waals surface area contributed by atoms with Crippen molar-refractivity contribution in [1.82, 2.24) is 0 Å².